The van der Waals surface area contributed by atoms with Crippen LogP contribution in [0.3, 0.4) is 0 Å². The van der Waals surface area contributed by atoms with Crippen molar-refractivity contribution < 1.29 is 28.7 Å². The Balaban J connectivity index is 0.848. The highest BCUT2D eigenvalue weighted by Gasteiger charge is 2.31. The first kappa shape index (κ1) is 48.8. The first-order valence-electron chi connectivity index (χ1n) is 21.3. The van der Waals surface area contributed by atoms with Gasteiger partial charge in [0.25, 0.3) is 23.6 Å². The number of likely N-dealkylation sites (N-methyl/N-ethyl adjacent to an activating group) is 1. The highest BCUT2D eigenvalue weighted by molar-refractivity contribution is 7.99. The number of ether oxygens (including phenoxy) is 2. The smallest absolute Gasteiger partial charge is 0.296 e. The number of para-hydroxylation sites is 2. The number of carbonyl (C=O) groups is 4. The number of aromatic nitrogens is 5. The summed E-state index contributed by atoms with van der Waals surface area (Å²) in [6.07, 6.45) is 1.31. The van der Waals surface area contributed by atoms with E-state index in [0.717, 1.165) is 23.3 Å². The van der Waals surface area contributed by atoms with Crippen LogP contribution in [0.4, 0.5) is 23.0 Å². The molecule has 21 heteroatoms. The molecule has 0 fully saturated rings. The van der Waals surface area contributed by atoms with E-state index < -0.39 is 23.8 Å². The van der Waals surface area contributed by atoms with Gasteiger partial charge in [0.1, 0.15) is 29.9 Å². The third-order valence-electron chi connectivity index (χ3n) is 9.69. The summed E-state index contributed by atoms with van der Waals surface area (Å²) < 4.78 is 11.3. The van der Waals surface area contributed by atoms with Gasteiger partial charge >= 0.3 is 0 Å². The molecule has 0 radical (unpaired) electrons. The molecule has 3 aromatic carbocycles. The number of hydrazine groups is 1. The molecule has 1 unspecified atom stereocenters. The van der Waals surface area contributed by atoms with E-state index in [-0.39, 0.29) is 44.6 Å². The summed E-state index contributed by atoms with van der Waals surface area (Å²) in [6, 6.07) is 20.7. The van der Waals surface area contributed by atoms with Gasteiger partial charge in [-0.05, 0) is 53.9 Å². The van der Waals surface area contributed by atoms with E-state index in [9.17, 15) is 19.2 Å². The second-order valence-corrected chi connectivity index (χ2v) is 15.8. The number of carbonyl (C=O) groups excluding carboxylic acids is 4. The van der Waals surface area contributed by atoms with Gasteiger partial charge in [-0.25, -0.2) is 20.8 Å². The van der Waals surface area contributed by atoms with Gasteiger partial charge < -0.3 is 47.1 Å². The number of nitrogen functional groups attached to an aromatic ring is 1. The molecule has 5 aromatic rings. The normalized spacial score (nSPS) is 12.8. The van der Waals surface area contributed by atoms with E-state index in [0.29, 0.717) is 76.9 Å². The van der Waals surface area contributed by atoms with Gasteiger partial charge in [-0.2, -0.15) is 0 Å². The summed E-state index contributed by atoms with van der Waals surface area (Å²) in [5.74, 6) is 18.0. The van der Waals surface area contributed by atoms with Crippen LogP contribution in [0.5, 0.6) is 5.75 Å². The summed E-state index contributed by atoms with van der Waals surface area (Å²) in [4.78, 5) is 65.3. The van der Waals surface area contributed by atoms with Crippen LogP contribution in [0.15, 0.2) is 78.0 Å². The maximum Gasteiger partial charge on any atom is 0.296 e. The maximum absolute atomic E-state index is 13.0. The van der Waals surface area contributed by atoms with E-state index in [4.69, 9.17) is 26.8 Å². The molecule has 0 bridgehead atoms. The molecule has 11 N–H and O–H groups in total. The Kier molecular flexibility index (Phi) is 17.9. The van der Waals surface area contributed by atoms with E-state index in [1.54, 1.807) is 49.5 Å². The predicted molar refractivity (Wildman–Crippen MR) is 255 cm³/mol. The molecule has 0 aliphatic carbocycles. The largest absolute Gasteiger partial charge is 0.489 e. The van der Waals surface area contributed by atoms with E-state index in [2.05, 4.69) is 77.0 Å². The molecule has 20 nitrogen and oxygen atoms in total. The number of amides is 4. The molecule has 0 saturated carbocycles. The number of nitrogens with zero attached hydrogens (tertiary/aromatic N) is 6. The Morgan fingerprint density at radius 2 is 1.58 bits per heavy atom. The molecular weight excluding hydrogens is 877 g/mol. The molecule has 0 spiro atoms. The zero-order chi connectivity index (χ0) is 47.5. The monoisotopic (exact) mass is 928 g/mol. The highest BCUT2D eigenvalue weighted by Crippen LogP contribution is 2.31. The van der Waals surface area contributed by atoms with Crippen LogP contribution in [0.2, 0.25) is 0 Å². The fourth-order valence-electron chi connectivity index (χ4n) is 6.28. The van der Waals surface area contributed by atoms with Crippen molar-refractivity contribution in [3.8, 4) is 29.4 Å². The fourth-order valence-corrected chi connectivity index (χ4v) is 6.97. The van der Waals surface area contributed by atoms with E-state index in [1.165, 1.54) is 21.7 Å². The zero-order valence-corrected chi connectivity index (χ0v) is 37.9. The van der Waals surface area contributed by atoms with Crippen LogP contribution in [0.1, 0.15) is 52.0 Å². The summed E-state index contributed by atoms with van der Waals surface area (Å²) in [5.41, 5.74) is 16.0. The molecular formula is C46H52N14O6S. The Hall–Kier alpha value is -7.69. The lowest BCUT2D eigenvalue weighted by Crippen LogP contribution is -2.49. The van der Waals surface area contributed by atoms with Crippen LogP contribution < -0.4 is 53.2 Å². The molecule has 3 heterocycles. The number of anilines is 4. The Morgan fingerprint density at radius 1 is 0.925 bits per heavy atom. The first-order valence-corrected chi connectivity index (χ1v) is 22.3. The van der Waals surface area contributed by atoms with Crippen molar-refractivity contribution in [1.82, 2.24) is 41.1 Å². The molecule has 2 aromatic heterocycles. The van der Waals surface area contributed by atoms with Crippen LogP contribution in [-0.2, 0) is 32.1 Å². The quantitative estimate of drug-likeness (QED) is 0.0145. The molecule has 1 atom stereocenters. The Bertz CT molecular complexity index is 2640. The number of H-pyrrole nitrogens is 1. The molecule has 4 amide bonds. The number of fused-ring (bicyclic) bond motifs is 1. The number of thioether (sulfide) groups is 1. The molecule has 0 saturated heterocycles. The first-order chi connectivity index (χ1) is 32.5. The highest BCUT2D eigenvalue weighted by atomic mass is 32.2. The number of rotatable bonds is 19. The molecule has 1 aliphatic heterocycles. The maximum atomic E-state index is 13.0. The SMILES string of the molecule is CCCSc1nc(NCCN)c(N)c(N(N)Cc2ccc(C#CC(=O)NCCOCCNC(=O)C#Cc3ccc(Cc4nc(C(=O)NC5COc6ccccc6N(C)C5=O)n[nH]4)cc3)cc2)n1. The lowest BCUT2D eigenvalue weighted by Gasteiger charge is -2.21. The number of aromatic amines is 1. The van der Waals surface area contributed by atoms with Gasteiger partial charge in [-0.15, -0.1) is 5.10 Å². The minimum Gasteiger partial charge on any atom is -0.489 e. The van der Waals surface area contributed by atoms with Gasteiger partial charge in [0.05, 0.1) is 25.4 Å². The van der Waals surface area contributed by atoms with Crippen molar-refractivity contribution in [1.29, 1.82) is 0 Å². The topological polar surface area (TPSA) is 287 Å². The minimum absolute atomic E-state index is 0.0353. The fraction of sp³-hybridized carbons (Fsp3) is 0.304. The molecule has 67 heavy (non-hydrogen) atoms. The summed E-state index contributed by atoms with van der Waals surface area (Å²) in [7, 11) is 1.62. The minimum atomic E-state index is -0.924. The molecule has 6 rings (SSSR count). The Labute approximate surface area is 391 Å². The van der Waals surface area contributed by atoms with Crippen LogP contribution in [0.25, 0.3) is 0 Å². The average molecular weight is 929 g/mol. The lowest BCUT2D eigenvalue weighted by atomic mass is 10.1. The average Bonchev–Trinajstić information content (AvgIpc) is 3.77. The van der Waals surface area contributed by atoms with Crippen molar-refractivity contribution in [3.05, 3.63) is 107 Å². The van der Waals surface area contributed by atoms with Crippen molar-refractivity contribution >= 4 is 58.4 Å². The standard InChI is InChI=1S/C46H52N14O6S/c1-3-26-67-46-55-41(52-21-20-47)40(48)43(56-46)60(49)28-33-14-10-31(11-15-33)17-19-39(62)51-23-25-65-24-22-50-38(61)18-16-30-8-12-32(13-9-30)27-37-54-42(58-57-37)44(63)53-34-29-66-36-7-5-4-6-35(36)59(2)45(34)64/h4-15,34H,3,20-29,47-49H2,1-2H3,(H,50,61)(H,51,62)(H,53,63)(H,52,55,56)(H,54,57,58). The van der Waals surface area contributed by atoms with Gasteiger partial charge in [0.15, 0.2) is 16.8 Å². The molecule has 348 valence electrons. The van der Waals surface area contributed by atoms with Gasteiger partial charge in [0, 0.05) is 68.4 Å². The van der Waals surface area contributed by atoms with Crippen LogP contribution in [0, 0.1) is 23.7 Å². The second kappa shape index (κ2) is 24.6. The van der Waals surface area contributed by atoms with Crippen molar-refractivity contribution in [2.24, 2.45) is 11.6 Å². The van der Waals surface area contributed by atoms with Gasteiger partial charge in [0.2, 0.25) is 5.82 Å². The number of nitrogens with two attached hydrogens (primary N) is 3. The van der Waals surface area contributed by atoms with E-state index in [1.807, 2.05) is 30.3 Å². The number of nitrogens with one attached hydrogen (secondary N) is 5. The van der Waals surface area contributed by atoms with Gasteiger partial charge in [-0.3, -0.25) is 29.3 Å². The summed E-state index contributed by atoms with van der Waals surface area (Å²) >= 11 is 1.52. The predicted octanol–water partition coefficient (Wildman–Crippen LogP) is 1.33. The molecule has 1 aliphatic rings. The number of hydrogen-bond acceptors (Lipinski definition) is 16. The van der Waals surface area contributed by atoms with Crippen LogP contribution in [-0.4, -0.2) is 114 Å². The summed E-state index contributed by atoms with van der Waals surface area (Å²) in [5, 5.41) is 20.0. The lowest BCUT2D eigenvalue weighted by molar-refractivity contribution is -0.120. The van der Waals surface area contributed by atoms with Crippen LogP contribution >= 0.6 is 11.8 Å². The van der Waals surface area contributed by atoms with E-state index >= 15 is 0 Å². The summed E-state index contributed by atoms with van der Waals surface area (Å²) in [6.45, 7) is 4.17. The van der Waals surface area contributed by atoms with Gasteiger partial charge in [-0.1, -0.05) is 66.9 Å². The van der Waals surface area contributed by atoms with Crippen molar-refractivity contribution in [2.75, 3.05) is 79.8 Å². The zero-order valence-electron chi connectivity index (χ0n) is 37.1. The Morgan fingerprint density at radius 3 is 2.24 bits per heavy atom. The number of benzene rings is 3. The number of hydrogen-bond donors (Lipinski definition) is 8. The van der Waals surface area contributed by atoms with Crippen molar-refractivity contribution in [2.45, 2.75) is 37.5 Å². The van der Waals surface area contributed by atoms with Crippen molar-refractivity contribution in [3.63, 3.8) is 0 Å². The third-order valence-corrected chi connectivity index (χ3v) is 10.7. The second-order valence-electron chi connectivity index (χ2n) is 14.8. The third kappa shape index (κ3) is 14.4.